The number of carbonyl (C=O) groups excluding carboxylic acids is 5. The van der Waals surface area contributed by atoms with E-state index in [0.29, 0.717) is 23.4 Å². The molecule has 0 aromatic heterocycles. The molecule has 2 atom stereocenters. The number of benzene rings is 3. The fourth-order valence-electron chi connectivity index (χ4n) is 5.11. The second-order valence-corrected chi connectivity index (χ2v) is 11.6. The molecule has 41 heavy (non-hydrogen) atoms. The quantitative estimate of drug-likeness (QED) is 0.126. The minimum Gasteiger partial charge on any atom is -0.423 e. The van der Waals surface area contributed by atoms with Gasteiger partial charge in [0.15, 0.2) is 5.78 Å². The first-order valence-corrected chi connectivity index (χ1v) is 14.4. The Balaban J connectivity index is 1.38. The number of amides is 3. The van der Waals surface area contributed by atoms with Crippen LogP contribution < -0.4 is 4.74 Å². The van der Waals surface area contributed by atoms with Crippen molar-refractivity contribution in [1.82, 2.24) is 10.0 Å². The summed E-state index contributed by atoms with van der Waals surface area (Å²) < 4.78 is 6.20. The molecule has 11 heteroatoms. The van der Waals surface area contributed by atoms with Gasteiger partial charge in [0, 0.05) is 15.1 Å². The molecule has 2 aliphatic rings. The van der Waals surface area contributed by atoms with Crippen LogP contribution >= 0.6 is 39.1 Å². The number of nitrogens with zero attached hydrogens (tertiary/aromatic N) is 2. The number of esters is 1. The van der Waals surface area contributed by atoms with Gasteiger partial charge in [-0.2, -0.15) is 5.01 Å². The third-order valence-electron chi connectivity index (χ3n) is 7.22. The largest absolute Gasteiger partial charge is 0.423 e. The lowest BCUT2D eigenvalue weighted by atomic mass is 9.81. The van der Waals surface area contributed by atoms with Gasteiger partial charge >= 0.3 is 5.97 Å². The van der Waals surface area contributed by atoms with Crippen LogP contribution in [-0.2, 0) is 9.59 Å². The molecular weight excluding hydrogens is 635 g/mol. The Morgan fingerprint density at radius 2 is 1.44 bits per heavy atom. The van der Waals surface area contributed by atoms with Crippen LogP contribution in [0.2, 0.25) is 10.0 Å². The van der Waals surface area contributed by atoms with Gasteiger partial charge in [-0.15, -0.1) is 0 Å². The molecule has 0 N–H and O–H groups in total. The van der Waals surface area contributed by atoms with Crippen LogP contribution in [0.15, 0.2) is 71.2 Å². The number of halogens is 3. The van der Waals surface area contributed by atoms with Crippen LogP contribution in [0.5, 0.6) is 5.75 Å². The lowest BCUT2D eigenvalue weighted by molar-refractivity contribution is -0.154. The summed E-state index contributed by atoms with van der Waals surface area (Å²) >= 11 is 15.6. The molecule has 3 aromatic rings. The van der Waals surface area contributed by atoms with Crippen molar-refractivity contribution in [3.8, 4) is 5.75 Å². The highest BCUT2D eigenvalue weighted by Gasteiger charge is 2.52. The summed E-state index contributed by atoms with van der Waals surface area (Å²) in [5.74, 6) is -3.72. The third-order valence-corrected chi connectivity index (χ3v) is 8.29. The Bertz CT molecular complexity index is 1520. The summed E-state index contributed by atoms with van der Waals surface area (Å²) in [7, 11) is 0. The van der Waals surface area contributed by atoms with Crippen LogP contribution in [0.1, 0.15) is 56.8 Å². The standard InChI is InChI=1S/C30H23BrCl2N2O6/c31-19-9-5-18(6-10-19)30(40)41-21-12-7-17(8-13-21)26(36)16-34(27(37)24-14-11-20(32)15-25(24)33)35-28(38)22-3-1-2-4-23(22)29(35)39/h5-15,22-23H,1-4,16H2/t22-,23-/m0/s1. The molecule has 1 aliphatic heterocycles. The van der Waals surface area contributed by atoms with Crippen molar-refractivity contribution < 1.29 is 28.7 Å². The number of carbonyl (C=O) groups is 5. The van der Waals surface area contributed by atoms with Gasteiger partial charge in [-0.3, -0.25) is 19.2 Å². The highest BCUT2D eigenvalue weighted by molar-refractivity contribution is 9.10. The molecule has 1 aliphatic carbocycles. The van der Waals surface area contributed by atoms with Crippen LogP contribution in [0.25, 0.3) is 0 Å². The smallest absolute Gasteiger partial charge is 0.343 e. The molecule has 3 amide bonds. The van der Waals surface area contributed by atoms with Crippen LogP contribution in [0.4, 0.5) is 0 Å². The Kier molecular flexibility index (Phi) is 8.58. The van der Waals surface area contributed by atoms with Gasteiger partial charge in [0.05, 0.1) is 28.0 Å². The SMILES string of the molecule is O=C(CN(C(=O)c1ccc(Cl)cc1Cl)N1C(=O)[C@H]2CCCC[C@@H]2C1=O)c1ccc(OC(=O)c2ccc(Br)cc2)cc1. The summed E-state index contributed by atoms with van der Waals surface area (Å²) in [6.45, 7) is -0.591. The zero-order chi connectivity index (χ0) is 29.3. The maximum Gasteiger partial charge on any atom is 0.343 e. The Labute approximate surface area is 254 Å². The maximum absolute atomic E-state index is 13.7. The Morgan fingerprint density at radius 3 is 2.02 bits per heavy atom. The molecule has 1 saturated heterocycles. The van der Waals surface area contributed by atoms with E-state index < -0.39 is 47.9 Å². The van der Waals surface area contributed by atoms with Gasteiger partial charge in [0.2, 0.25) is 0 Å². The van der Waals surface area contributed by atoms with E-state index in [-0.39, 0.29) is 21.9 Å². The summed E-state index contributed by atoms with van der Waals surface area (Å²) in [5, 5.41) is 2.02. The van der Waals surface area contributed by atoms with Crippen molar-refractivity contribution >= 4 is 68.6 Å². The minimum absolute atomic E-state index is 0.00506. The maximum atomic E-state index is 13.7. The second-order valence-electron chi connectivity index (χ2n) is 9.82. The van der Waals surface area contributed by atoms with Gasteiger partial charge in [0.1, 0.15) is 12.3 Å². The molecule has 1 heterocycles. The number of hydrogen-bond acceptors (Lipinski definition) is 6. The van der Waals surface area contributed by atoms with Gasteiger partial charge in [0.25, 0.3) is 17.7 Å². The Hall–Kier alpha value is -3.53. The number of hydrazine groups is 1. The van der Waals surface area contributed by atoms with E-state index in [2.05, 4.69) is 15.9 Å². The van der Waals surface area contributed by atoms with Crippen molar-refractivity contribution in [3.05, 3.63) is 97.9 Å². The predicted molar refractivity (Wildman–Crippen MR) is 155 cm³/mol. The van der Waals surface area contributed by atoms with Gasteiger partial charge in [-0.1, -0.05) is 52.0 Å². The number of ether oxygens (including phenoxy) is 1. The van der Waals surface area contributed by atoms with Crippen LogP contribution in [-0.4, -0.2) is 46.0 Å². The Morgan fingerprint density at radius 1 is 0.854 bits per heavy atom. The number of Topliss-reactive ketones (excluding diaryl/α,β-unsaturated/α-hetero) is 1. The van der Waals surface area contributed by atoms with Gasteiger partial charge < -0.3 is 4.74 Å². The van der Waals surface area contributed by atoms with E-state index in [1.807, 2.05) is 0 Å². The van der Waals surface area contributed by atoms with E-state index in [4.69, 9.17) is 27.9 Å². The molecule has 0 bridgehead atoms. The van der Waals surface area contributed by atoms with E-state index >= 15 is 0 Å². The highest BCUT2D eigenvalue weighted by atomic mass is 79.9. The molecular formula is C30H23BrCl2N2O6. The van der Waals surface area contributed by atoms with Crippen molar-refractivity contribution in [2.45, 2.75) is 25.7 Å². The van der Waals surface area contributed by atoms with E-state index in [9.17, 15) is 24.0 Å². The second kappa shape index (κ2) is 12.1. The first-order valence-electron chi connectivity index (χ1n) is 12.9. The van der Waals surface area contributed by atoms with Crippen LogP contribution in [0, 0.1) is 11.8 Å². The fraction of sp³-hybridized carbons (Fsp3) is 0.233. The summed E-state index contributed by atoms with van der Waals surface area (Å²) in [6, 6.07) is 16.7. The number of rotatable bonds is 7. The van der Waals surface area contributed by atoms with Crippen molar-refractivity contribution in [3.63, 3.8) is 0 Å². The van der Waals surface area contributed by atoms with Crippen LogP contribution in [0.3, 0.4) is 0 Å². The van der Waals surface area contributed by atoms with Gasteiger partial charge in [-0.05, 0) is 79.6 Å². The normalized spacial score (nSPS) is 18.2. The number of imide groups is 1. The number of hydrogen-bond donors (Lipinski definition) is 0. The zero-order valence-corrected chi connectivity index (χ0v) is 24.6. The summed E-state index contributed by atoms with van der Waals surface area (Å²) in [6.07, 6.45) is 2.71. The zero-order valence-electron chi connectivity index (χ0n) is 21.5. The lowest BCUT2D eigenvalue weighted by Crippen LogP contribution is -2.52. The number of ketones is 1. The molecule has 2 fully saturated rings. The first-order chi connectivity index (χ1) is 19.6. The molecule has 1 saturated carbocycles. The predicted octanol–water partition coefficient (Wildman–Crippen LogP) is 6.39. The molecule has 0 radical (unpaired) electrons. The minimum atomic E-state index is -0.777. The molecule has 8 nitrogen and oxygen atoms in total. The van der Waals surface area contributed by atoms with Crippen molar-refractivity contribution in [1.29, 1.82) is 0 Å². The average molecular weight is 658 g/mol. The molecule has 210 valence electrons. The molecule has 5 rings (SSSR count). The summed E-state index contributed by atoms with van der Waals surface area (Å²) in [5.41, 5.74) is 0.531. The third kappa shape index (κ3) is 6.07. The molecule has 3 aromatic carbocycles. The topological polar surface area (TPSA) is 101 Å². The first kappa shape index (κ1) is 29.0. The van der Waals surface area contributed by atoms with E-state index in [1.165, 1.54) is 42.5 Å². The number of fused-ring (bicyclic) bond motifs is 1. The monoisotopic (exact) mass is 656 g/mol. The highest BCUT2D eigenvalue weighted by Crippen LogP contribution is 2.39. The van der Waals surface area contributed by atoms with Crippen molar-refractivity contribution in [2.75, 3.05) is 6.54 Å². The lowest BCUT2D eigenvalue weighted by Gasteiger charge is -2.30. The van der Waals surface area contributed by atoms with E-state index in [0.717, 1.165) is 27.3 Å². The fourth-order valence-corrected chi connectivity index (χ4v) is 5.86. The van der Waals surface area contributed by atoms with Gasteiger partial charge in [-0.25, -0.2) is 9.80 Å². The molecule has 0 spiro atoms. The van der Waals surface area contributed by atoms with E-state index in [1.54, 1.807) is 24.3 Å². The average Bonchev–Trinajstić information content (AvgIpc) is 3.21. The van der Waals surface area contributed by atoms with Crippen molar-refractivity contribution in [2.24, 2.45) is 11.8 Å². The molecule has 0 unspecified atom stereocenters. The summed E-state index contributed by atoms with van der Waals surface area (Å²) in [4.78, 5) is 66.2.